The Kier molecular flexibility index (Phi) is 7.73. The van der Waals surface area contributed by atoms with Gasteiger partial charge in [-0.05, 0) is 50.1 Å². The van der Waals surface area contributed by atoms with Gasteiger partial charge in [-0.1, -0.05) is 36.4 Å². The van der Waals surface area contributed by atoms with Crippen molar-refractivity contribution >= 4 is 11.6 Å². The highest BCUT2D eigenvalue weighted by Gasteiger charge is 2.16. The number of piperazine rings is 1. The molecule has 0 aliphatic carbocycles. The van der Waals surface area contributed by atoms with E-state index in [4.69, 9.17) is 4.74 Å². The van der Waals surface area contributed by atoms with Crippen LogP contribution in [0.15, 0.2) is 54.6 Å². The molecule has 1 heterocycles. The Hall–Kier alpha value is -2.53. The van der Waals surface area contributed by atoms with Gasteiger partial charge in [0.15, 0.2) is 6.61 Å². The number of ether oxygens (including phenoxy) is 1. The van der Waals surface area contributed by atoms with Crippen molar-refractivity contribution in [3.63, 3.8) is 0 Å². The lowest BCUT2D eigenvalue weighted by Gasteiger charge is -2.36. The predicted octanol–water partition coefficient (Wildman–Crippen LogP) is 3.09. The van der Waals surface area contributed by atoms with Gasteiger partial charge in [0.1, 0.15) is 5.75 Å². The first-order chi connectivity index (χ1) is 13.7. The molecule has 0 spiro atoms. The average molecular weight is 382 g/mol. The van der Waals surface area contributed by atoms with E-state index in [2.05, 4.69) is 45.4 Å². The largest absolute Gasteiger partial charge is 0.484 e. The summed E-state index contributed by atoms with van der Waals surface area (Å²) in [6, 6.07) is 18.4. The molecular weight excluding hydrogens is 350 g/mol. The molecule has 150 valence electrons. The lowest BCUT2D eigenvalue weighted by atomic mass is 10.2. The zero-order valence-electron chi connectivity index (χ0n) is 16.8. The van der Waals surface area contributed by atoms with Gasteiger partial charge in [0, 0.05) is 38.4 Å². The van der Waals surface area contributed by atoms with E-state index in [1.54, 1.807) is 0 Å². The predicted molar refractivity (Wildman–Crippen MR) is 114 cm³/mol. The van der Waals surface area contributed by atoms with Crippen LogP contribution in [0.5, 0.6) is 5.75 Å². The Morgan fingerprint density at radius 3 is 2.43 bits per heavy atom. The second kappa shape index (κ2) is 10.7. The normalized spacial score (nSPS) is 14.7. The van der Waals surface area contributed by atoms with Gasteiger partial charge in [0.05, 0.1) is 0 Å². The summed E-state index contributed by atoms with van der Waals surface area (Å²) in [5.41, 5.74) is 2.36. The quantitative estimate of drug-likeness (QED) is 0.678. The summed E-state index contributed by atoms with van der Waals surface area (Å²) in [5.74, 6) is 0.715. The molecule has 28 heavy (non-hydrogen) atoms. The molecular formula is C23H31N3O2. The van der Waals surface area contributed by atoms with Crippen molar-refractivity contribution in [2.24, 2.45) is 0 Å². The minimum absolute atomic E-state index is 0.0558. The monoisotopic (exact) mass is 381 g/mol. The van der Waals surface area contributed by atoms with Crippen LogP contribution in [-0.2, 0) is 4.79 Å². The summed E-state index contributed by atoms with van der Waals surface area (Å²) >= 11 is 0. The molecule has 1 aliphatic heterocycles. The molecule has 0 saturated carbocycles. The zero-order valence-corrected chi connectivity index (χ0v) is 16.8. The topological polar surface area (TPSA) is 44.8 Å². The molecule has 0 radical (unpaired) electrons. The number of nitrogens with zero attached hydrogens (tertiary/aromatic N) is 2. The molecule has 1 fully saturated rings. The van der Waals surface area contributed by atoms with Gasteiger partial charge in [-0.2, -0.15) is 0 Å². The van der Waals surface area contributed by atoms with E-state index in [1.807, 2.05) is 31.2 Å². The third-order valence-electron chi connectivity index (χ3n) is 5.17. The first kappa shape index (κ1) is 20.2. The van der Waals surface area contributed by atoms with Crippen LogP contribution in [0.2, 0.25) is 0 Å². The van der Waals surface area contributed by atoms with E-state index in [1.165, 1.54) is 5.69 Å². The van der Waals surface area contributed by atoms with Crippen LogP contribution < -0.4 is 15.0 Å². The molecule has 1 N–H and O–H groups in total. The highest BCUT2D eigenvalue weighted by atomic mass is 16.5. The first-order valence-corrected chi connectivity index (χ1v) is 10.2. The lowest BCUT2D eigenvalue weighted by molar-refractivity contribution is -0.123. The Morgan fingerprint density at radius 2 is 1.68 bits per heavy atom. The smallest absolute Gasteiger partial charge is 0.257 e. The van der Waals surface area contributed by atoms with Crippen LogP contribution in [0.25, 0.3) is 0 Å². The Morgan fingerprint density at radius 1 is 0.964 bits per heavy atom. The van der Waals surface area contributed by atoms with Gasteiger partial charge in [-0.15, -0.1) is 0 Å². The van der Waals surface area contributed by atoms with E-state index >= 15 is 0 Å². The number of benzene rings is 2. The number of anilines is 1. The first-order valence-electron chi connectivity index (χ1n) is 10.2. The second-order valence-corrected chi connectivity index (χ2v) is 7.28. The molecule has 0 bridgehead atoms. The van der Waals surface area contributed by atoms with Crippen molar-refractivity contribution in [1.29, 1.82) is 0 Å². The van der Waals surface area contributed by atoms with E-state index in [0.717, 1.165) is 56.9 Å². The number of nitrogens with one attached hydrogen (secondary N) is 1. The number of carbonyl (C=O) groups excluding carboxylic acids is 1. The number of hydrogen-bond donors (Lipinski definition) is 1. The molecule has 0 aromatic heterocycles. The lowest BCUT2D eigenvalue weighted by Crippen LogP contribution is -2.46. The Bertz CT molecular complexity index is 728. The van der Waals surface area contributed by atoms with Gasteiger partial charge in [0.2, 0.25) is 0 Å². The van der Waals surface area contributed by atoms with Crippen molar-refractivity contribution in [1.82, 2.24) is 10.2 Å². The maximum atomic E-state index is 11.9. The molecule has 0 atom stereocenters. The number of amides is 1. The molecule has 1 saturated heterocycles. The van der Waals surface area contributed by atoms with E-state index in [0.29, 0.717) is 6.54 Å². The fourth-order valence-electron chi connectivity index (χ4n) is 3.47. The summed E-state index contributed by atoms with van der Waals surface area (Å²) < 4.78 is 5.57. The third-order valence-corrected chi connectivity index (χ3v) is 5.17. The summed E-state index contributed by atoms with van der Waals surface area (Å²) in [6.45, 7) is 8.22. The zero-order chi connectivity index (χ0) is 19.6. The molecule has 2 aromatic rings. The van der Waals surface area contributed by atoms with Crippen molar-refractivity contribution in [3.05, 3.63) is 60.2 Å². The fraction of sp³-hybridized carbons (Fsp3) is 0.435. The molecule has 3 rings (SSSR count). The number of rotatable bonds is 9. The fourth-order valence-corrected chi connectivity index (χ4v) is 3.47. The maximum absolute atomic E-state index is 11.9. The van der Waals surface area contributed by atoms with Crippen LogP contribution in [0.4, 0.5) is 5.69 Å². The highest BCUT2D eigenvalue weighted by molar-refractivity contribution is 5.77. The number of hydrogen-bond acceptors (Lipinski definition) is 4. The van der Waals surface area contributed by atoms with Crippen molar-refractivity contribution in [2.75, 3.05) is 50.8 Å². The van der Waals surface area contributed by atoms with Crippen LogP contribution in [0, 0.1) is 6.92 Å². The van der Waals surface area contributed by atoms with Gasteiger partial charge in [0.25, 0.3) is 5.91 Å². The van der Waals surface area contributed by atoms with Gasteiger partial charge < -0.3 is 15.0 Å². The van der Waals surface area contributed by atoms with Crippen LogP contribution in [-0.4, -0.2) is 56.7 Å². The summed E-state index contributed by atoms with van der Waals surface area (Å²) in [4.78, 5) is 16.9. The molecule has 5 heteroatoms. The van der Waals surface area contributed by atoms with Crippen molar-refractivity contribution in [3.8, 4) is 5.75 Å². The third kappa shape index (κ3) is 6.27. The summed E-state index contributed by atoms with van der Waals surface area (Å²) in [7, 11) is 0. The average Bonchev–Trinajstić information content (AvgIpc) is 2.74. The van der Waals surface area contributed by atoms with Crippen LogP contribution in [0.3, 0.4) is 0 Å². The second-order valence-electron chi connectivity index (χ2n) is 7.28. The number of carbonyl (C=O) groups is 1. The van der Waals surface area contributed by atoms with Gasteiger partial charge in [-0.3, -0.25) is 9.69 Å². The number of aryl methyl sites for hydroxylation is 1. The Balaban J connectivity index is 1.23. The van der Waals surface area contributed by atoms with E-state index in [9.17, 15) is 4.79 Å². The van der Waals surface area contributed by atoms with Crippen LogP contribution >= 0.6 is 0 Å². The molecule has 2 aromatic carbocycles. The highest BCUT2D eigenvalue weighted by Crippen LogP contribution is 2.16. The summed E-state index contributed by atoms with van der Waals surface area (Å²) in [5, 5.41) is 2.95. The molecule has 1 aliphatic rings. The van der Waals surface area contributed by atoms with Gasteiger partial charge >= 0.3 is 0 Å². The van der Waals surface area contributed by atoms with Gasteiger partial charge in [-0.25, -0.2) is 0 Å². The molecule has 5 nitrogen and oxygen atoms in total. The standard InChI is InChI=1S/C23H31N3O2/c1-20-9-5-6-12-22(20)28-19-23(27)24-13-7-8-14-25-15-17-26(18-16-25)21-10-3-2-4-11-21/h2-6,9-12H,7-8,13-19H2,1H3,(H,24,27). The van der Waals surface area contributed by atoms with E-state index in [-0.39, 0.29) is 12.5 Å². The van der Waals surface area contributed by atoms with Crippen LogP contribution in [0.1, 0.15) is 18.4 Å². The Labute approximate surface area is 168 Å². The maximum Gasteiger partial charge on any atom is 0.257 e. The summed E-state index contributed by atoms with van der Waals surface area (Å²) in [6.07, 6.45) is 2.10. The minimum atomic E-state index is -0.0558. The SMILES string of the molecule is Cc1ccccc1OCC(=O)NCCCCN1CCN(c2ccccc2)CC1. The molecule has 1 amide bonds. The van der Waals surface area contributed by atoms with Crippen molar-refractivity contribution in [2.45, 2.75) is 19.8 Å². The molecule has 0 unspecified atom stereocenters. The minimum Gasteiger partial charge on any atom is -0.484 e. The van der Waals surface area contributed by atoms with Crippen molar-refractivity contribution < 1.29 is 9.53 Å². The van der Waals surface area contributed by atoms with E-state index < -0.39 is 0 Å². The number of para-hydroxylation sites is 2. The number of unbranched alkanes of at least 4 members (excludes halogenated alkanes) is 1.